The minimum absolute atomic E-state index is 0.449. The largest absolute Gasteiger partial charge is 0.383 e. The summed E-state index contributed by atoms with van der Waals surface area (Å²) in [5.41, 5.74) is 7.34. The van der Waals surface area contributed by atoms with Gasteiger partial charge in [0, 0.05) is 18.8 Å². The average Bonchev–Trinajstić information content (AvgIpc) is 2.68. The molecule has 2 aromatic rings. The van der Waals surface area contributed by atoms with E-state index in [4.69, 9.17) is 10.3 Å². The molecule has 0 aromatic carbocycles. The maximum atomic E-state index is 5.72. The van der Waals surface area contributed by atoms with E-state index < -0.39 is 0 Å². The van der Waals surface area contributed by atoms with E-state index >= 15 is 0 Å². The molecule has 0 aliphatic rings. The van der Waals surface area contributed by atoms with Crippen molar-refractivity contribution in [3.8, 4) is 11.3 Å². The summed E-state index contributed by atoms with van der Waals surface area (Å²) >= 11 is 0. The molecule has 78 valence electrons. The van der Waals surface area contributed by atoms with Crippen LogP contribution >= 0.6 is 0 Å². The average molecular weight is 204 g/mol. The minimum Gasteiger partial charge on any atom is -0.383 e. The van der Waals surface area contributed by atoms with E-state index in [0.717, 1.165) is 11.3 Å². The highest BCUT2D eigenvalue weighted by Crippen LogP contribution is 2.24. The molecule has 0 spiro atoms. The topological polar surface area (TPSA) is 77.0 Å². The van der Waals surface area contributed by atoms with Crippen molar-refractivity contribution in [1.29, 1.82) is 0 Å². The van der Waals surface area contributed by atoms with Crippen LogP contribution in [0.15, 0.2) is 28.9 Å². The first-order valence-electron chi connectivity index (χ1n) is 4.62. The predicted octanol–water partition coefficient (Wildman–Crippen LogP) is 1.04. The number of nitrogens with one attached hydrogen (secondary N) is 1. The summed E-state index contributed by atoms with van der Waals surface area (Å²) in [5, 5.41) is 6.90. The van der Waals surface area contributed by atoms with Crippen molar-refractivity contribution in [3.05, 3.63) is 30.1 Å². The second kappa shape index (κ2) is 4.10. The Morgan fingerprint density at radius 2 is 2.40 bits per heavy atom. The minimum atomic E-state index is 0.449. The molecule has 0 saturated heterocycles. The monoisotopic (exact) mass is 204 g/mol. The van der Waals surface area contributed by atoms with Gasteiger partial charge in [0.25, 0.3) is 0 Å². The van der Waals surface area contributed by atoms with Gasteiger partial charge in [-0.1, -0.05) is 5.16 Å². The van der Waals surface area contributed by atoms with Crippen molar-refractivity contribution in [3.63, 3.8) is 0 Å². The first-order valence-corrected chi connectivity index (χ1v) is 4.62. The summed E-state index contributed by atoms with van der Waals surface area (Å²) in [4.78, 5) is 3.99. The van der Waals surface area contributed by atoms with Gasteiger partial charge in [-0.05, 0) is 19.2 Å². The molecule has 0 aliphatic carbocycles. The molecule has 0 saturated carbocycles. The lowest BCUT2D eigenvalue weighted by atomic mass is 10.2. The van der Waals surface area contributed by atoms with Crippen molar-refractivity contribution in [2.45, 2.75) is 6.54 Å². The van der Waals surface area contributed by atoms with E-state index in [1.807, 2.05) is 25.2 Å². The fraction of sp³-hybridized carbons (Fsp3) is 0.200. The van der Waals surface area contributed by atoms with E-state index in [0.29, 0.717) is 18.1 Å². The Morgan fingerprint density at radius 3 is 3.13 bits per heavy atom. The standard InChI is InChI=1S/C10H12N4O/c1-12-6-7-5-9(15-14-7)8-3-2-4-13-10(8)11/h2-5,12H,6H2,1H3,(H2,11,13). The molecule has 0 aliphatic heterocycles. The summed E-state index contributed by atoms with van der Waals surface area (Å²) in [6, 6.07) is 5.52. The number of pyridine rings is 1. The maximum Gasteiger partial charge on any atom is 0.170 e. The highest BCUT2D eigenvalue weighted by Gasteiger charge is 2.09. The second-order valence-electron chi connectivity index (χ2n) is 3.15. The van der Waals surface area contributed by atoms with Crippen molar-refractivity contribution >= 4 is 5.82 Å². The van der Waals surface area contributed by atoms with Crippen LogP contribution in [0.5, 0.6) is 0 Å². The smallest absolute Gasteiger partial charge is 0.170 e. The zero-order chi connectivity index (χ0) is 10.7. The first-order chi connectivity index (χ1) is 7.31. The van der Waals surface area contributed by atoms with Gasteiger partial charge < -0.3 is 15.6 Å². The molecule has 2 heterocycles. The zero-order valence-corrected chi connectivity index (χ0v) is 8.40. The number of nitrogens with two attached hydrogens (primary N) is 1. The third-order valence-corrected chi connectivity index (χ3v) is 2.02. The Hall–Kier alpha value is -1.88. The Labute approximate surface area is 87.3 Å². The zero-order valence-electron chi connectivity index (χ0n) is 8.40. The van der Waals surface area contributed by atoms with E-state index in [-0.39, 0.29) is 0 Å². The number of nitrogen functional groups attached to an aromatic ring is 1. The van der Waals surface area contributed by atoms with Crippen LogP contribution in [-0.4, -0.2) is 17.2 Å². The van der Waals surface area contributed by atoms with Gasteiger partial charge in [-0.15, -0.1) is 0 Å². The fourth-order valence-corrected chi connectivity index (χ4v) is 1.33. The van der Waals surface area contributed by atoms with Crippen LogP contribution < -0.4 is 11.1 Å². The SMILES string of the molecule is CNCc1cc(-c2cccnc2N)on1. The van der Waals surface area contributed by atoms with Gasteiger partial charge in [-0.3, -0.25) is 0 Å². The van der Waals surface area contributed by atoms with Crippen molar-refractivity contribution in [1.82, 2.24) is 15.5 Å². The highest BCUT2D eigenvalue weighted by molar-refractivity contribution is 5.69. The van der Waals surface area contributed by atoms with Gasteiger partial charge in [0.15, 0.2) is 5.76 Å². The molecule has 0 unspecified atom stereocenters. The van der Waals surface area contributed by atoms with Crippen LogP contribution in [0.1, 0.15) is 5.69 Å². The first kappa shape index (κ1) is 9.67. The van der Waals surface area contributed by atoms with Gasteiger partial charge >= 0.3 is 0 Å². The van der Waals surface area contributed by atoms with E-state index in [1.165, 1.54) is 0 Å². The van der Waals surface area contributed by atoms with Crippen molar-refractivity contribution in [2.24, 2.45) is 0 Å². The Bertz CT molecular complexity index is 452. The lowest BCUT2D eigenvalue weighted by Gasteiger charge is -1.97. The Morgan fingerprint density at radius 1 is 1.53 bits per heavy atom. The molecule has 2 aromatic heterocycles. The van der Waals surface area contributed by atoms with Gasteiger partial charge in [0.2, 0.25) is 0 Å². The number of nitrogens with zero attached hydrogens (tertiary/aromatic N) is 2. The molecule has 5 nitrogen and oxygen atoms in total. The molecule has 0 radical (unpaired) electrons. The number of aromatic nitrogens is 2. The fourth-order valence-electron chi connectivity index (χ4n) is 1.33. The van der Waals surface area contributed by atoms with Gasteiger partial charge in [0.1, 0.15) is 5.82 Å². The molecule has 0 fully saturated rings. The van der Waals surface area contributed by atoms with Crippen LogP contribution in [0.25, 0.3) is 11.3 Å². The molecular weight excluding hydrogens is 192 g/mol. The second-order valence-corrected chi connectivity index (χ2v) is 3.15. The maximum absolute atomic E-state index is 5.72. The normalized spacial score (nSPS) is 10.5. The molecule has 3 N–H and O–H groups in total. The number of hydrogen-bond donors (Lipinski definition) is 2. The number of rotatable bonds is 3. The van der Waals surface area contributed by atoms with Crippen LogP contribution in [0.2, 0.25) is 0 Å². The van der Waals surface area contributed by atoms with E-state index in [2.05, 4.69) is 15.5 Å². The lowest BCUT2D eigenvalue weighted by molar-refractivity contribution is 0.421. The summed E-state index contributed by atoms with van der Waals surface area (Å²) < 4.78 is 5.17. The molecule has 5 heteroatoms. The number of anilines is 1. The third kappa shape index (κ3) is 1.97. The summed E-state index contributed by atoms with van der Waals surface area (Å²) in [7, 11) is 1.85. The summed E-state index contributed by atoms with van der Waals surface area (Å²) in [6.07, 6.45) is 1.64. The van der Waals surface area contributed by atoms with Gasteiger partial charge in [0.05, 0.1) is 11.3 Å². The molecular formula is C10H12N4O. The lowest BCUT2D eigenvalue weighted by Crippen LogP contribution is -2.04. The van der Waals surface area contributed by atoms with E-state index in [9.17, 15) is 0 Å². The van der Waals surface area contributed by atoms with Crippen LogP contribution in [0.3, 0.4) is 0 Å². The van der Waals surface area contributed by atoms with Crippen molar-refractivity contribution < 1.29 is 4.52 Å². The molecule has 0 bridgehead atoms. The van der Waals surface area contributed by atoms with Crippen LogP contribution in [0, 0.1) is 0 Å². The predicted molar refractivity (Wildman–Crippen MR) is 56.9 cm³/mol. The quantitative estimate of drug-likeness (QED) is 0.781. The van der Waals surface area contributed by atoms with Crippen LogP contribution in [-0.2, 0) is 6.54 Å². The summed E-state index contributed by atoms with van der Waals surface area (Å²) in [5.74, 6) is 1.09. The summed E-state index contributed by atoms with van der Waals surface area (Å²) in [6.45, 7) is 0.670. The Balaban J connectivity index is 2.33. The Kier molecular flexibility index (Phi) is 2.64. The number of hydrogen-bond acceptors (Lipinski definition) is 5. The molecule has 15 heavy (non-hydrogen) atoms. The third-order valence-electron chi connectivity index (χ3n) is 2.02. The molecule has 0 amide bonds. The van der Waals surface area contributed by atoms with Crippen molar-refractivity contribution in [2.75, 3.05) is 12.8 Å². The molecule has 0 atom stereocenters. The van der Waals surface area contributed by atoms with Crippen LogP contribution in [0.4, 0.5) is 5.82 Å². The van der Waals surface area contributed by atoms with Gasteiger partial charge in [-0.2, -0.15) is 0 Å². The molecule has 2 rings (SSSR count). The van der Waals surface area contributed by atoms with E-state index in [1.54, 1.807) is 6.20 Å². The highest BCUT2D eigenvalue weighted by atomic mass is 16.5. The van der Waals surface area contributed by atoms with Gasteiger partial charge in [-0.25, -0.2) is 4.98 Å².